The number of rotatable bonds is 4. The van der Waals surface area contributed by atoms with Gasteiger partial charge in [0, 0.05) is 11.1 Å². The van der Waals surface area contributed by atoms with Crippen LogP contribution in [0.5, 0.6) is 5.75 Å². The lowest BCUT2D eigenvalue weighted by molar-refractivity contribution is -0.384. The van der Waals surface area contributed by atoms with E-state index in [1.807, 2.05) is 0 Å². The van der Waals surface area contributed by atoms with Crippen molar-refractivity contribution >= 4 is 51.7 Å². The molecular weight excluding hydrogens is 345 g/mol. The zero-order chi connectivity index (χ0) is 16.6. The zero-order valence-corrected chi connectivity index (χ0v) is 13.2. The summed E-state index contributed by atoms with van der Waals surface area (Å²) >= 11 is 12.0. The van der Waals surface area contributed by atoms with Gasteiger partial charge >= 0.3 is 0 Å². The third-order valence-corrected chi connectivity index (χ3v) is 3.55. The number of nitro groups is 1. The summed E-state index contributed by atoms with van der Waals surface area (Å²) in [5.41, 5.74) is 1.26. The number of nitrogens with one attached hydrogen (secondary N) is 1. The van der Waals surface area contributed by atoms with Gasteiger partial charge in [0.25, 0.3) is 11.7 Å². The number of benzene rings is 2. The summed E-state index contributed by atoms with van der Waals surface area (Å²) in [6, 6.07) is 7.47. The van der Waals surface area contributed by atoms with Crippen LogP contribution in [0, 0.1) is 10.1 Å². The van der Waals surface area contributed by atoms with Crippen molar-refractivity contribution < 1.29 is 14.1 Å². The van der Waals surface area contributed by atoms with Gasteiger partial charge in [-0.15, -0.1) is 0 Å². The first-order chi connectivity index (χ1) is 11.0. The highest BCUT2D eigenvalue weighted by Gasteiger charge is 2.15. The fourth-order valence-electron chi connectivity index (χ4n) is 2.03. The van der Waals surface area contributed by atoms with Crippen LogP contribution in [0.25, 0.3) is 11.1 Å². The van der Waals surface area contributed by atoms with Crippen molar-refractivity contribution in [3.63, 3.8) is 0 Å². The molecule has 1 heterocycles. The second kappa shape index (κ2) is 5.94. The predicted molar refractivity (Wildman–Crippen MR) is 87.0 cm³/mol. The normalized spacial score (nSPS) is 10.7. The molecule has 0 radical (unpaired) electrons. The highest BCUT2D eigenvalue weighted by atomic mass is 35.5. The van der Waals surface area contributed by atoms with Gasteiger partial charge in [-0.05, 0) is 18.2 Å². The van der Waals surface area contributed by atoms with Crippen LogP contribution >= 0.6 is 23.2 Å². The number of halogens is 2. The molecule has 0 aliphatic carbocycles. The molecule has 0 fully saturated rings. The average Bonchev–Trinajstić information content (AvgIpc) is 2.90. The Kier molecular flexibility index (Phi) is 3.97. The molecule has 1 N–H and O–H groups in total. The van der Waals surface area contributed by atoms with Gasteiger partial charge in [-0.1, -0.05) is 23.2 Å². The first-order valence-electron chi connectivity index (χ1n) is 6.33. The number of methoxy groups -OCH3 is 1. The molecule has 0 amide bonds. The third kappa shape index (κ3) is 3.01. The standard InChI is InChI=1S/C14H9Cl2N3O4/c1-22-12-6-8(19(20)21)2-3-10(12)17-14-18-11-5-7(15)4-9(16)13(11)23-14/h2-6H,1H3,(H,17,18). The number of aromatic nitrogens is 1. The molecule has 0 bridgehead atoms. The van der Waals surface area contributed by atoms with Crippen LogP contribution in [0.2, 0.25) is 10.0 Å². The molecule has 9 heteroatoms. The smallest absolute Gasteiger partial charge is 0.300 e. The minimum atomic E-state index is -0.506. The lowest BCUT2D eigenvalue weighted by Gasteiger charge is -2.07. The van der Waals surface area contributed by atoms with Crippen molar-refractivity contribution in [2.24, 2.45) is 0 Å². The quantitative estimate of drug-likeness (QED) is 0.535. The van der Waals surface area contributed by atoms with Crippen molar-refractivity contribution in [1.82, 2.24) is 4.98 Å². The molecule has 0 unspecified atom stereocenters. The second-order valence-corrected chi connectivity index (χ2v) is 5.37. The van der Waals surface area contributed by atoms with Gasteiger partial charge in [-0.3, -0.25) is 10.1 Å². The van der Waals surface area contributed by atoms with Crippen LogP contribution in [0.3, 0.4) is 0 Å². The summed E-state index contributed by atoms with van der Waals surface area (Å²) in [6.45, 7) is 0. The van der Waals surface area contributed by atoms with Crippen LogP contribution in [0.4, 0.5) is 17.4 Å². The number of hydrogen-bond donors (Lipinski definition) is 1. The molecule has 1 aromatic heterocycles. The number of anilines is 2. The summed E-state index contributed by atoms with van der Waals surface area (Å²) < 4.78 is 10.7. The Hall–Kier alpha value is -2.51. The Labute approximate surface area is 139 Å². The third-order valence-electron chi connectivity index (χ3n) is 3.05. The number of non-ortho nitro benzene ring substituents is 1. The molecule has 3 rings (SSSR count). The Balaban J connectivity index is 1.98. The van der Waals surface area contributed by atoms with Crippen LogP contribution in [0.15, 0.2) is 34.7 Å². The van der Waals surface area contributed by atoms with Crippen molar-refractivity contribution in [3.05, 3.63) is 50.5 Å². The Morgan fingerprint density at radius 3 is 2.78 bits per heavy atom. The zero-order valence-electron chi connectivity index (χ0n) is 11.7. The van der Waals surface area contributed by atoms with Gasteiger partial charge < -0.3 is 14.5 Å². The van der Waals surface area contributed by atoms with Gasteiger partial charge in [0.1, 0.15) is 11.3 Å². The molecule has 2 aromatic carbocycles. The summed E-state index contributed by atoms with van der Waals surface area (Å²) in [6.07, 6.45) is 0. The predicted octanol–water partition coefficient (Wildman–Crippen LogP) is 4.80. The van der Waals surface area contributed by atoms with Crippen LogP contribution in [0.1, 0.15) is 0 Å². The lowest BCUT2D eigenvalue weighted by atomic mass is 10.2. The molecule has 23 heavy (non-hydrogen) atoms. The summed E-state index contributed by atoms with van der Waals surface area (Å²) in [7, 11) is 1.41. The van der Waals surface area contributed by atoms with Gasteiger partial charge in [0.2, 0.25) is 0 Å². The van der Waals surface area contributed by atoms with E-state index in [4.69, 9.17) is 32.4 Å². The summed E-state index contributed by atoms with van der Waals surface area (Å²) in [5, 5.41) is 14.5. The number of ether oxygens (including phenoxy) is 1. The van der Waals surface area contributed by atoms with E-state index in [9.17, 15) is 10.1 Å². The van der Waals surface area contributed by atoms with E-state index in [0.717, 1.165) is 0 Å². The van der Waals surface area contributed by atoms with E-state index in [1.54, 1.807) is 12.1 Å². The number of nitro benzene ring substituents is 1. The van der Waals surface area contributed by atoms with E-state index in [0.29, 0.717) is 26.8 Å². The van der Waals surface area contributed by atoms with Crippen molar-refractivity contribution in [3.8, 4) is 5.75 Å². The van der Waals surface area contributed by atoms with E-state index in [-0.39, 0.29) is 17.5 Å². The van der Waals surface area contributed by atoms with Crippen molar-refractivity contribution in [1.29, 1.82) is 0 Å². The van der Waals surface area contributed by atoms with Gasteiger partial charge in [0.05, 0.1) is 28.8 Å². The number of oxazole rings is 1. The molecule has 0 atom stereocenters. The molecule has 0 aliphatic rings. The van der Waals surface area contributed by atoms with Gasteiger partial charge in [0.15, 0.2) is 5.58 Å². The molecule has 0 aliphatic heterocycles. The highest BCUT2D eigenvalue weighted by molar-refractivity contribution is 6.38. The van der Waals surface area contributed by atoms with Crippen LogP contribution < -0.4 is 10.1 Å². The first-order valence-corrected chi connectivity index (χ1v) is 7.08. The minimum Gasteiger partial charge on any atom is -0.494 e. The summed E-state index contributed by atoms with van der Waals surface area (Å²) in [4.78, 5) is 14.5. The van der Waals surface area contributed by atoms with E-state index in [2.05, 4.69) is 10.3 Å². The molecule has 0 spiro atoms. The van der Waals surface area contributed by atoms with E-state index < -0.39 is 4.92 Å². The minimum absolute atomic E-state index is 0.0835. The van der Waals surface area contributed by atoms with Crippen LogP contribution in [-0.4, -0.2) is 17.0 Å². The molecule has 0 saturated carbocycles. The lowest BCUT2D eigenvalue weighted by Crippen LogP contribution is -1.96. The van der Waals surface area contributed by atoms with Gasteiger partial charge in [-0.2, -0.15) is 4.98 Å². The number of hydrogen-bond acceptors (Lipinski definition) is 6. The van der Waals surface area contributed by atoms with E-state index in [1.165, 1.54) is 25.3 Å². The largest absolute Gasteiger partial charge is 0.494 e. The fraction of sp³-hybridized carbons (Fsp3) is 0.0714. The monoisotopic (exact) mass is 353 g/mol. The molecule has 118 valence electrons. The highest BCUT2D eigenvalue weighted by Crippen LogP contribution is 2.34. The van der Waals surface area contributed by atoms with Crippen molar-refractivity contribution in [2.75, 3.05) is 12.4 Å². The molecule has 3 aromatic rings. The topological polar surface area (TPSA) is 90.4 Å². The Morgan fingerprint density at radius 1 is 1.30 bits per heavy atom. The Bertz CT molecular complexity index is 910. The first kappa shape index (κ1) is 15.4. The Morgan fingerprint density at radius 2 is 2.09 bits per heavy atom. The maximum atomic E-state index is 10.8. The SMILES string of the molecule is COc1cc([N+](=O)[O-])ccc1Nc1nc2cc(Cl)cc(Cl)c2o1. The average molecular weight is 354 g/mol. The van der Waals surface area contributed by atoms with Crippen molar-refractivity contribution in [2.45, 2.75) is 0 Å². The molecule has 0 saturated heterocycles. The molecular formula is C14H9Cl2N3O4. The maximum Gasteiger partial charge on any atom is 0.300 e. The van der Waals surface area contributed by atoms with Gasteiger partial charge in [-0.25, -0.2) is 0 Å². The number of nitrogens with zero attached hydrogens (tertiary/aromatic N) is 2. The summed E-state index contributed by atoms with van der Waals surface area (Å²) in [5.74, 6) is 0.283. The van der Waals surface area contributed by atoms with E-state index >= 15 is 0 Å². The van der Waals surface area contributed by atoms with Crippen LogP contribution in [-0.2, 0) is 0 Å². The molecule has 7 nitrogen and oxygen atoms in total. The second-order valence-electron chi connectivity index (χ2n) is 4.52. The maximum absolute atomic E-state index is 10.8. The number of fused-ring (bicyclic) bond motifs is 1. The fourth-order valence-corrected chi connectivity index (χ4v) is 2.55.